The van der Waals surface area contributed by atoms with Crippen LogP contribution < -0.4 is 15.6 Å². The first kappa shape index (κ1) is 22.0. The van der Waals surface area contributed by atoms with Crippen molar-refractivity contribution in [3.05, 3.63) is 91.9 Å². The van der Waals surface area contributed by atoms with E-state index in [1.54, 1.807) is 18.4 Å². The van der Waals surface area contributed by atoms with Crippen molar-refractivity contribution in [2.75, 3.05) is 12.4 Å². The van der Waals surface area contributed by atoms with Crippen LogP contribution in [0.25, 0.3) is 10.9 Å². The van der Waals surface area contributed by atoms with Crippen molar-refractivity contribution in [2.24, 2.45) is 0 Å². The fourth-order valence-electron chi connectivity index (χ4n) is 3.77. The van der Waals surface area contributed by atoms with Crippen LogP contribution in [-0.2, 0) is 13.1 Å². The molecule has 0 aliphatic carbocycles. The smallest absolute Gasteiger partial charge is 0.253 e. The highest BCUT2D eigenvalue weighted by Crippen LogP contribution is 2.25. The fraction of sp³-hybridized carbons (Fsp3) is 0.200. The molecule has 2 N–H and O–H groups in total. The number of pyridine rings is 1. The SMILES string of the molecule is COc1ccccc1NC(=S)N(Cc1cccs1)Cc1cc2c(C)cc(C)cc2[nH]c1=O. The summed E-state index contributed by atoms with van der Waals surface area (Å²) in [5, 5.41) is 6.91. The molecule has 0 aliphatic rings. The molecule has 2 heterocycles. The predicted octanol–water partition coefficient (Wildman–Crippen LogP) is 5.61. The molecule has 4 aromatic rings. The van der Waals surface area contributed by atoms with Crippen LogP contribution in [0.1, 0.15) is 21.6 Å². The third-order valence-corrected chi connectivity index (χ3v) is 6.53. The number of thiophene rings is 1. The molecule has 32 heavy (non-hydrogen) atoms. The van der Waals surface area contributed by atoms with Crippen molar-refractivity contribution in [2.45, 2.75) is 26.9 Å². The zero-order valence-electron chi connectivity index (χ0n) is 18.3. The Labute approximate surface area is 196 Å². The van der Waals surface area contributed by atoms with E-state index in [0.717, 1.165) is 32.6 Å². The summed E-state index contributed by atoms with van der Waals surface area (Å²) < 4.78 is 5.45. The Bertz CT molecular complexity index is 1310. The first-order chi connectivity index (χ1) is 15.4. The van der Waals surface area contributed by atoms with Crippen LogP contribution in [0.5, 0.6) is 5.75 Å². The number of ether oxygens (including phenoxy) is 1. The fourth-order valence-corrected chi connectivity index (χ4v) is 4.73. The number of nitrogens with zero attached hydrogens (tertiary/aromatic N) is 1. The van der Waals surface area contributed by atoms with E-state index in [1.165, 1.54) is 0 Å². The lowest BCUT2D eigenvalue weighted by molar-refractivity contribution is 0.410. The van der Waals surface area contributed by atoms with Gasteiger partial charge in [0.1, 0.15) is 5.75 Å². The van der Waals surface area contributed by atoms with Gasteiger partial charge in [-0.05, 0) is 72.9 Å². The van der Waals surface area contributed by atoms with Gasteiger partial charge < -0.3 is 19.9 Å². The van der Waals surface area contributed by atoms with Gasteiger partial charge in [0.2, 0.25) is 0 Å². The molecule has 0 radical (unpaired) electrons. The molecule has 4 rings (SSSR count). The van der Waals surface area contributed by atoms with E-state index < -0.39 is 0 Å². The van der Waals surface area contributed by atoms with E-state index in [1.807, 2.05) is 59.7 Å². The Morgan fingerprint density at radius 2 is 1.94 bits per heavy atom. The molecule has 0 saturated heterocycles. The number of nitrogens with one attached hydrogen (secondary N) is 2. The van der Waals surface area contributed by atoms with Crippen molar-refractivity contribution >= 4 is 45.3 Å². The van der Waals surface area contributed by atoms with Crippen molar-refractivity contribution in [3.8, 4) is 5.75 Å². The van der Waals surface area contributed by atoms with Crippen molar-refractivity contribution < 1.29 is 4.74 Å². The average molecular weight is 464 g/mol. The first-order valence-corrected chi connectivity index (χ1v) is 11.6. The molecule has 164 valence electrons. The molecule has 5 nitrogen and oxygen atoms in total. The molecule has 0 spiro atoms. The number of aryl methyl sites for hydroxylation is 2. The quantitative estimate of drug-likeness (QED) is 0.364. The number of H-pyrrole nitrogens is 1. The number of hydrogen-bond acceptors (Lipinski definition) is 4. The highest BCUT2D eigenvalue weighted by atomic mass is 32.1. The van der Waals surface area contributed by atoms with Crippen LogP contribution >= 0.6 is 23.6 Å². The Hall–Kier alpha value is -3.16. The second-order valence-corrected chi connectivity index (χ2v) is 9.15. The van der Waals surface area contributed by atoms with E-state index in [4.69, 9.17) is 17.0 Å². The summed E-state index contributed by atoms with van der Waals surface area (Å²) in [6.45, 7) is 5.08. The van der Waals surface area contributed by atoms with Gasteiger partial charge in [0, 0.05) is 21.3 Å². The molecule has 7 heteroatoms. The molecule has 2 aromatic carbocycles. The lowest BCUT2D eigenvalue weighted by Crippen LogP contribution is -2.35. The Morgan fingerprint density at radius 3 is 2.69 bits per heavy atom. The van der Waals surface area contributed by atoms with Gasteiger partial charge in [0.05, 0.1) is 25.9 Å². The number of hydrogen-bond donors (Lipinski definition) is 2. The van der Waals surface area contributed by atoms with Gasteiger partial charge in [-0.15, -0.1) is 11.3 Å². The number of methoxy groups -OCH3 is 1. The number of para-hydroxylation sites is 2. The largest absolute Gasteiger partial charge is 0.495 e. The maximum Gasteiger partial charge on any atom is 0.253 e. The monoisotopic (exact) mass is 463 g/mol. The van der Waals surface area contributed by atoms with Crippen LogP contribution in [-0.4, -0.2) is 22.1 Å². The molecule has 0 fully saturated rings. The summed E-state index contributed by atoms with van der Waals surface area (Å²) in [5.41, 5.74) is 4.48. The maximum atomic E-state index is 12.9. The van der Waals surface area contributed by atoms with E-state index in [2.05, 4.69) is 29.4 Å². The minimum Gasteiger partial charge on any atom is -0.495 e. The van der Waals surface area contributed by atoms with Crippen molar-refractivity contribution in [1.82, 2.24) is 9.88 Å². The van der Waals surface area contributed by atoms with Gasteiger partial charge in [0.25, 0.3) is 5.56 Å². The second-order valence-electron chi connectivity index (χ2n) is 7.73. The van der Waals surface area contributed by atoms with Crippen molar-refractivity contribution in [3.63, 3.8) is 0 Å². The van der Waals surface area contributed by atoms with Crippen molar-refractivity contribution in [1.29, 1.82) is 0 Å². The lowest BCUT2D eigenvalue weighted by Gasteiger charge is -2.26. The van der Waals surface area contributed by atoms with Gasteiger partial charge in [-0.2, -0.15) is 0 Å². The highest BCUT2D eigenvalue weighted by molar-refractivity contribution is 7.80. The third kappa shape index (κ3) is 4.84. The summed E-state index contributed by atoms with van der Waals surface area (Å²) in [6, 6.07) is 17.8. The summed E-state index contributed by atoms with van der Waals surface area (Å²) in [6.07, 6.45) is 0. The third-order valence-electron chi connectivity index (χ3n) is 5.31. The van der Waals surface area contributed by atoms with Crippen LogP contribution in [0.4, 0.5) is 5.69 Å². The molecule has 0 amide bonds. The van der Waals surface area contributed by atoms with Crippen LogP contribution in [0.3, 0.4) is 0 Å². The lowest BCUT2D eigenvalue weighted by atomic mass is 10.0. The average Bonchev–Trinajstić information content (AvgIpc) is 3.27. The van der Waals surface area contributed by atoms with Gasteiger partial charge >= 0.3 is 0 Å². The Kier molecular flexibility index (Phi) is 6.58. The zero-order valence-corrected chi connectivity index (χ0v) is 19.9. The van der Waals surface area contributed by atoms with E-state index in [-0.39, 0.29) is 5.56 Å². The minimum absolute atomic E-state index is 0.0984. The number of thiocarbonyl (C=S) groups is 1. The summed E-state index contributed by atoms with van der Waals surface area (Å²) >= 11 is 7.44. The number of aromatic nitrogens is 1. The van der Waals surface area contributed by atoms with E-state index in [9.17, 15) is 4.79 Å². The predicted molar refractivity (Wildman–Crippen MR) is 137 cm³/mol. The van der Waals surface area contributed by atoms with Gasteiger partial charge in [-0.1, -0.05) is 24.3 Å². The number of rotatable bonds is 6. The summed E-state index contributed by atoms with van der Waals surface area (Å²) in [4.78, 5) is 19.1. The van der Waals surface area contributed by atoms with E-state index >= 15 is 0 Å². The Balaban J connectivity index is 1.67. The molecule has 0 saturated carbocycles. The number of benzene rings is 2. The first-order valence-electron chi connectivity index (χ1n) is 10.3. The highest BCUT2D eigenvalue weighted by Gasteiger charge is 2.16. The number of fused-ring (bicyclic) bond motifs is 1. The number of aromatic amines is 1. The topological polar surface area (TPSA) is 57.4 Å². The molecular weight excluding hydrogens is 438 g/mol. The van der Waals surface area contributed by atoms with Crippen LogP contribution in [0.15, 0.2) is 64.8 Å². The number of anilines is 1. The molecule has 0 unspecified atom stereocenters. The molecule has 0 aliphatic heterocycles. The van der Waals surface area contributed by atoms with Gasteiger partial charge in [-0.3, -0.25) is 4.79 Å². The molecular formula is C25H25N3O2S2. The second kappa shape index (κ2) is 9.54. The zero-order chi connectivity index (χ0) is 22.7. The Morgan fingerprint density at radius 1 is 1.12 bits per heavy atom. The van der Waals surface area contributed by atoms with Gasteiger partial charge in [0.15, 0.2) is 5.11 Å². The van der Waals surface area contributed by atoms with Crippen LogP contribution in [0.2, 0.25) is 0 Å². The minimum atomic E-state index is -0.0984. The van der Waals surface area contributed by atoms with Gasteiger partial charge in [-0.25, -0.2) is 0 Å². The standard InChI is InChI=1S/C25H25N3O2S2/c1-16-11-17(2)20-13-18(24(29)26-22(20)12-16)14-28(15-19-7-6-10-32-19)25(31)27-21-8-4-5-9-23(21)30-3/h4-13H,14-15H2,1-3H3,(H,26,29)(H,27,31). The summed E-state index contributed by atoms with van der Waals surface area (Å²) in [5.74, 6) is 0.709. The van der Waals surface area contributed by atoms with Crippen LogP contribution in [0, 0.1) is 13.8 Å². The maximum absolute atomic E-state index is 12.9. The molecule has 0 bridgehead atoms. The summed E-state index contributed by atoms with van der Waals surface area (Å²) in [7, 11) is 1.63. The molecule has 2 aromatic heterocycles. The van der Waals surface area contributed by atoms with E-state index in [0.29, 0.717) is 29.5 Å². The normalized spacial score (nSPS) is 10.8. The molecule has 0 atom stereocenters.